The molecule has 3 amide bonds. The summed E-state index contributed by atoms with van der Waals surface area (Å²) in [5, 5.41) is 13.1. The van der Waals surface area contributed by atoms with E-state index in [1.165, 1.54) is 6.92 Å². The Bertz CT molecular complexity index is 968. The van der Waals surface area contributed by atoms with Crippen LogP contribution in [0.25, 0.3) is 0 Å². The third-order valence-corrected chi connectivity index (χ3v) is 5.53. The molecule has 3 rings (SSSR count). The molecule has 2 N–H and O–H groups in total. The molecule has 0 unspecified atom stereocenters. The van der Waals surface area contributed by atoms with Crippen LogP contribution in [0.15, 0.2) is 48.5 Å². The van der Waals surface area contributed by atoms with Gasteiger partial charge in [-0.15, -0.1) is 0 Å². The zero-order valence-corrected chi connectivity index (χ0v) is 18.2. The first-order valence-corrected chi connectivity index (χ1v) is 10.3. The molecule has 0 saturated carbocycles. The average Bonchev–Trinajstić information content (AvgIpc) is 2.96. The zero-order valence-electron chi connectivity index (χ0n) is 18.2. The van der Waals surface area contributed by atoms with Crippen LogP contribution in [0.4, 0.5) is 4.79 Å². The Morgan fingerprint density at radius 2 is 1.71 bits per heavy atom. The Kier molecular flexibility index (Phi) is 6.45. The number of benzene rings is 2. The number of nitrogens with one attached hydrogen (secondary N) is 1. The van der Waals surface area contributed by atoms with Crippen LogP contribution in [0.5, 0.6) is 5.75 Å². The summed E-state index contributed by atoms with van der Waals surface area (Å²) in [5.74, 6) is 0.379. The average molecular weight is 424 g/mol. The van der Waals surface area contributed by atoms with E-state index in [4.69, 9.17) is 4.74 Å². The number of ether oxygens (including phenoxy) is 1. The summed E-state index contributed by atoms with van der Waals surface area (Å²) in [5.41, 5.74) is 1.21. The van der Waals surface area contributed by atoms with Crippen molar-refractivity contribution in [2.45, 2.75) is 45.3 Å². The molecular weight excluding hydrogens is 396 g/mol. The Hall–Kier alpha value is -3.19. The number of aliphatic hydroxyl groups is 1. The number of rotatable bonds is 8. The molecule has 7 heteroatoms. The van der Waals surface area contributed by atoms with Gasteiger partial charge >= 0.3 is 6.03 Å². The minimum Gasteiger partial charge on any atom is -0.491 e. The third kappa shape index (κ3) is 4.77. The first-order valence-electron chi connectivity index (χ1n) is 10.3. The summed E-state index contributed by atoms with van der Waals surface area (Å²) >= 11 is 0. The van der Waals surface area contributed by atoms with Gasteiger partial charge in [0.05, 0.1) is 6.54 Å². The van der Waals surface area contributed by atoms with E-state index in [1.54, 1.807) is 31.2 Å². The van der Waals surface area contributed by atoms with E-state index in [0.29, 0.717) is 22.8 Å². The Morgan fingerprint density at radius 3 is 2.26 bits per heavy atom. The SMILES string of the molecule is CC(=O)c1ccc(OC[C@H](O)CN2C(=O)N[C@](C)(c3ccc(C(C)C)cc3)C2=O)cc1. The lowest BCUT2D eigenvalue weighted by Crippen LogP contribution is -2.42. The van der Waals surface area contributed by atoms with Gasteiger partial charge in [-0.25, -0.2) is 4.79 Å². The zero-order chi connectivity index (χ0) is 22.8. The van der Waals surface area contributed by atoms with Crippen LogP contribution in [0.1, 0.15) is 55.1 Å². The van der Waals surface area contributed by atoms with Gasteiger partial charge in [0.15, 0.2) is 5.78 Å². The fourth-order valence-corrected chi connectivity index (χ4v) is 3.50. The number of urea groups is 1. The summed E-state index contributed by atoms with van der Waals surface area (Å²) in [7, 11) is 0. The molecule has 0 spiro atoms. The predicted octanol–water partition coefficient (Wildman–Crippen LogP) is 3.22. The van der Waals surface area contributed by atoms with Crippen LogP contribution in [0, 0.1) is 0 Å². The minimum absolute atomic E-state index is 0.0490. The molecular formula is C24H28N2O5. The number of carbonyl (C=O) groups excluding carboxylic acids is 3. The van der Waals surface area contributed by atoms with E-state index in [1.807, 2.05) is 24.3 Å². The molecule has 0 bridgehead atoms. The monoisotopic (exact) mass is 424 g/mol. The fraction of sp³-hybridized carbons (Fsp3) is 0.375. The van der Waals surface area contributed by atoms with Gasteiger partial charge in [-0.1, -0.05) is 38.1 Å². The summed E-state index contributed by atoms with van der Waals surface area (Å²) < 4.78 is 5.52. The van der Waals surface area contributed by atoms with E-state index in [-0.39, 0.29) is 18.9 Å². The summed E-state index contributed by atoms with van der Waals surface area (Å²) in [6.07, 6.45) is -1.06. The van der Waals surface area contributed by atoms with Crippen LogP contribution >= 0.6 is 0 Å². The van der Waals surface area contributed by atoms with E-state index in [9.17, 15) is 19.5 Å². The minimum atomic E-state index is -1.18. The van der Waals surface area contributed by atoms with Crippen molar-refractivity contribution in [3.63, 3.8) is 0 Å². The van der Waals surface area contributed by atoms with Gasteiger partial charge in [-0.05, 0) is 55.2 Å². The summed E-state index contributed by atoms with van der Waals surface area (Å²) in [6.45, 7) is 7.03. The molecule has 1 fully saturated rings. The highest BCUT2D eigenvalue weighted by Crippen LogP contribution is 2.30. The lowest BCUT2D eigenvalue weighted by atomic mass is 9.90. The van der Waals surface area contributed by atoms with Gasteiger partial charge in [-0.3, -0.25) is 14.5 Å². The van der Waals surface area contributed by atoms with Crippen LogP contribution in [0.3, 0.4) is 0 Å². The number of imide groups is 1. The molecule has 0 aromatic heterocycles. The third-order valence-electron chi connectivity index (χ3n) is 5.53. The van der Waals surface area contributed by atoms with Gasteiger partial charge < -0.3 is 15.2 Å². The number of ketones is 1. The van der Waals surface area contributed by atoms with Crippen molar-refractivity contribution in [2.75, 3.05) is 13.2 Å². The van der Waals surface area contributed by atoms with E-state index in [2.05, 4.69) is 19.2 Å². The Balaban J connectivity index is 1.63. The molecule has 1 aliphatic heterocycles. The molecule has 0 radical (unpaired) electrons. The van der Waals surface area contributed by atoms with Gasteiger partial charge in [0, 0.05) is 5.56 Å². The highest BCUT2D eigenvalue weighted by molar-refractivity contribution is 6.07. The van der Waals surface area contributed by atoms with Crippen LogP contribution < -0.4 is 10.1 Å². The number of amides is 3. The molecule has 7 nitrogen and oxygen atoms in total. The highest BCUT2D eigenvalue weighted by Gasteiger charge is 2.49. The van der Waals surface area contributed by atoms with Gasteiger partial charge in [0.1, 0.15) is 24.0 Å². The van der Waals surface area contributed by atoms with E-state index in [0.717, 1.165) is 10.5 Å². The fourth-order valence-electron chi connectivity index (χ4n) is 3.50. The molecule has 164 valence electrons. The number of hydrogen-bond acceptors (Lipinski definition) is 5. The molecule has 1 saturated heterocycles. The Labute approximate surface area is 182 Å². The molecule has 31 heavy (non-hydrogen) atoms. The number of carbonyl (C=O) groups is 3. The Morgan fingerprint density at radius 1 is 1.10 bits per heavy atom. The quantitative estimate of drug-likeness (QED) is 0.501. The lowest BCUT2D eigenvalue weighted by molar-refractivity contribution is -0.132. The van der Waals surface area contributed by atoms with Crippen LogP contribution in [0.2, 0.25) is 0 Å². The molecule has 2 atom stereocenters. The summed E-state index contributed by atoms with van der Waals surface area (Å²) in [6, 6.07) is 13.6. The maximum Gasteiger partial charge on any atom is 0.325 e. The van der Waals surface area contributed by atoms with Crippen molar-refractivity contribution < 1.29 is 24.2 Å². The first kappa shape index (κ1) is 22.5. The maximum absolute atomic E-state index is 13.0. The van der Waals surface area contributed by atoms with Crippen molar-refractivity contribution in [3.8, 4) is 5.75 Å². The predicted molar refractivity (Wildman–Crippen MR) is 116 cm³/mol. The van der Waals surface area contributed by atoms with E-state index < -0.39 is 23.6 Å². The van der Waals surface area contributed by atoms with Gasteiger partial charge in [-0.2, -0.15) is 0 Å². The first-order chi connectivity index (χ1) is 14.6. The van der Waals surface area contributed by atoms with E-state index >= 15 is 0 Å². The number of Topliss-reactive ketones (excluding diaryl/α,β-unsaturated/α-hetero) is 1. The highest BCUT2D eigenvalue weighted by atomic mass is 16.5. The van der Waals surface area contributed by atoms with Gasteiger partial charge in [0.2, 0.25) is 0 Å². The molecule has 2 aromatic rings. The number of nitrogens with zero attached hydrogens (tertiary/aromatic N) is 1. The lowest BCUT2D eigenvalue weighted by Gasteiger charge is -2.23. The maximum atomic E-state index is 13.0. The van der Waals surface area contributed by atoms with Crippen molar-refractivity contribution in [1.82, 2.24) is 10.2 Å². The van der Waals surface area contributed by atoms with Crippen molar-refractivity contribution >= 4 is 17.7 Å². The second-order valence-electron chi connectivity index (χ2n) is 8.29. The summed E-state index contributed by atoms with van der Waals surface area (Å²) in [4.78, 5) is 37.8. The van der Waals surface area contributed by atoms with Crippen LogP contribution in [-0.4, -0.2) is 47.0 Å². The van der Waals surface area contributed by atoms with Crippen molar-refractivity contribution in [1.29, 1.82) is 0 Å². The molecule has 2 aromatic carbocycles. The van der Waals surface area contributed by atoms with Crippen molar-refractivity contribution in [2.24, 2.45) is 0 Å². The smallest absolute Gasteiger partial charge is 0.325 e. The molecule has 1 heterocycles. The largest absolute Gasteiger partial charge is 0.491 e. The normalized spacial score (nSPS) is 19.5. The standard InChI is InChI=1S/C24H28N2O5/c1-15(2)17-5-9-19(10-6-17)24(4)22(29)26(23(30)25-24)13-20(28)14-31-21-11-7-18(8-12-21)16(3)27/h5-12,15,20,28H,13-14H2,1-4H3,(H,25,30)/t20-,24-/m1/s1. The molecule has 0 aliphatic carbocycles. The van der Waals surface area contributed by atoms with Crippen LogP contribution in [-0.2, 0) is 10.3 Å². The number of aliphatic hydroxyl groups excluding tert-OH is 1. The number of hydrogen-bond donors (Lipinski definition) is 2. The molecule has 1 aliphatic rings. The topological polar surface area (TPSA) is 95.9 Å². The second kappa shape index (κ2) is 8.89. The number of β-amino-alcohol motifs (C(OH)–C–C–N with tert-alkyl or cyclic N) is 1. The second-order valence-corrected chi connectivity index (χ2v) is 8.29. The van der Waals surface area contributed by atoms with Crippen molar-refractivity contribution in [3.05, 3.63) is 65.2 Å². The van der Waals surface area contributed by atoms with Gasteiger partial charge in [0.25, 0.3) is 5.91 Å².